The van der Waals surface area contributed by atoms with Crippen LogP contribution in [0.1, 0.15) is 62.6 Å². The van der Waals surface area contributed by atoms with E-state index in [1.165, 1.54) is 12.1 Å². The van der Waals surface area contributed by atoms with Crippen LogP contribution in [0, 0.1) is 11.7 Å². The van der Waals surface area contributed by atoms with Crippen molar-refractivity contribution in [2.24, 2.45) is 5.92 Å². The van der Waals surface area contributed by atoms with E-state index in [0.29, 0.717) is 30.7 Å². The van der Waals surface area contributed by atoms with E-state index >= 15 is 0 Å². The van der Waals surface area contributed by atoms with E-state index in [4.69, 9.17) is 9.40 Å². The first-order chi connectivity index (χ1) is 16.6. The van der Waals surface area contributed by atoms with Crippen LogP contribution in [-0.2, 0) is 10.2 Å². The van der Waals surface area contributed by atoms with Crippen molar-refractivity contribution in [2.45, 2.75) is 57.4 Å². The zero-order valence-electron chi connectivity index (χ0n) is 20.4. The van der Waals surface area contributed by atoms with Crippen LogP contribution in [0.3, 0.4) is 0 Å². The summed E-state index contributed by atoms with van der Waals surface area (Å²) in [6, 6.07) is 10.1. The van der Waals surface area contributed by atoms with Crippen molar-refractivity contribution >= 4 is 22.9 Å². The van der Waals surface area contributed by atoms with Crippen LogP contribution in [0.25, 0.3) is 22.4 Å². The van der Waals surface area contributed by atoms with Gasteiger partial charge in [-0.05, 0) is 75.3 Å². The lowest BCUT2D eigenvalue weighted by atomic mass is 9.96. The Hall–Kier alpha value is -3.22. The summed E-state index contributed by atoms with van der Waals surface area (Å²) in [5.41, 5.74) is 3.38. The first kappa shape index (κ1) is 22.3. The molecule has 7 heteroatoms. The van der Waals surface area contributed by atoms with E-state index in [0.717, 1.165) is 42.5 Å². The van der Waals surface area contributed by atoms with Gasteiger partial charge < -0.3 is 14.2 Å². The predicted octanol–water partition coefficient (Wildman–Crippen LogP) is 5.16. The molecule has 0 bridgehead atoms. The second-order valence-electron chi connectivity index (χ2n) is 11.3. The van der Waals surface area contributed by atoms with Gasteiger partial charge in [-0.15, -0.1) is 0 Å². The molecule has 2 amide bonds. The zero-order chi connectivity index (χ0) is 24.5. The summed E-state index contributed by atoms with van der Waals surface area (Å²) in [7, 11) is 0. The number of benzene rings is 1. The molecule has 6 nitrogen and oxygen atoms in total. The number of amides is 2. The summed E-state index contributed by atoms with van der Waals surface area (Å²) >= 11 is 0. The lowest BCUT2D eigenvalue weighted by Crippen LogP contribution is -2.62. The molecule has 0 spiro atoms. The predicted molar refractivity (Wildman–Crippen MR) is 130 cm³/mol. The minimum Gasteiger partial charge on any atom is -0.449 e. The van der Waals surface area contributed by atoms with Gasteiger partial charge in [0, 0.05) is 42.7 Å². The van der Waals surface area contributed by atoms with Crippen molar-refractivity contribution in [2.75, 3.05) is 19.6 Å². The number of aromatic nitrogens is 1. The fourth-order valence-electron chi connectivity index (χ4n) is 5.24. The van der Waals surface area contributed by atoms with E-state index in [1.807, 2.05) is 29.7 Å². The average molecular weight is 476 g/mol. The van der Waals surface area contributed by atoms with Gasteiger partial charge in [0.25, 0.3) is 5.91 Å². The summed E-state index contributed by atoms with van der Waals surface area (Å²) < 4.78 is 19.7. The van der Waals surface area contributed by atoms with Crippen LogP contribution in [-0.4, -0.2) is 51.8 Å². The first-order valence-corrected chi connectivity index (χ1v) is 12.5. The molecule has 1 aromatic carbocycles. The highest BCUT2D eigenvalue weighted by Crippen LogP contribution is 2.50. The van der Waals surface area contributed by atoms with Crippen molar-refractivity contribution in [1.82, 2.24) is 14.8 Å². The number of rotatable bonds is 4. The zero-order valence-corrected chi connectivity index (χ0v) is 20.4. The number of carbonyl (C=O) groups excluding carboxylic acids is 2. The van der Waals surface area contributed by atoms with E-state index in [-0.39, 0.29) is 34.7 Å². The molecule has 35 heavy (non-hydrogen) atoms. The van der Waals surface area contributed by atoms with E-state index < -0.39 is 5.54 Å². The molecule has 0 N–H and O–H groups in total. The van der Waals surface area contributed by atoms with Crippen molar-refractivity contribution < 1.29 is 18.4 Å². The summed E-state index contributed by atoms with van der Waals surface area (Å²) in [6.07, 6.45) is 4.04. The fourth-order valence-corrected chi connectivity index (χ4v) is 5.24. The number of furan rings is 1. The Labute approximate surface area is 204 Å². The third-order valence-electron chi connectivity index (χ3n) is 7.87. The minimum absolute atomic E-state index is 0.0117. The van der Waals surface area contributed by atoms with E-state index in [2.05, 4.69) is 6.92 Å². The Kier molecular flexibility index (Phi) is 4.86. The van der Waals surface area contributed by atoms with Crippen molar-refractivity contribution in [3.05, 3.63) is 53.5 Å². The normalized spacial score (nSPS) is 20.8. The Morgan fingerprint density at radius 1 is 1.06 bits per heavy atom. The molecule has 0 unspecified atom stereocenters. The van der Waals surface area contributed by atoms with Gasteiger partial charge in [0.1, 0.15) is 11.3 Å². The van der Waals surface area contributed by atoms with Crippen molar-refractivity contribution in [3.8, 4) is 11.3 Å². The Morgan fingerprint density at radius 2 is 1.77 bits per heavy atom. The summed E-state index contributed by atoms with van der Waals surface area (Å²) in [4.78, 5) is 34.7. The molecule has 182 valence electrons. The van der Waals surface area contributed by atoms with Crippen LogP contribution in [0.15, 0.2) is 40.8 Å². The third kappa shape index (κ3) is 3.91. The molecular formula is C28H30FN3O3. The van der Waals surface area contributed by atoms with Crippen LogP contribution in [0.5, 0.6) is 0 Å². The maximum absolute atomic E-state index is 13.6. The largest absolute Gasteiger partial charge is 0.449 e. The van der Waals surface area contributed by atoms with E-state index in [9.17, 15) is 14.0 Å². The number of carbonyl (C=O) groups is 2. The molecule has 3 fully saturated rings. The number of halogens is 1. The molecule has 0 radical (unpaired) electrons. The molecule has 2 aromatic heterocycles. The maximum Gasteiger partial charge on any atom is 0.290 e. The van der Waals surface area contributed by atoms with Crippen molar-refractivity contribution in [1.29, 1.82) is 0 Å². The highest BCUT2D eigenvalue weighted by Gasteiger charge is 2.44. The monoisotopic (exact) mass is 475 g/mol. The fraction of sp³-hybridized carbons (Fsp3) is 0.464. The molecular weight excluding hydrogens is 445 g/mol. The lowest BCUT2D eigenvalue weighted by molar-refractivity contribution is -0.136. The maximum atomic E-state index is 13.6. The van der Waals surface area contributed by atoms with Crippen LogP contribution in [0.4, 0.5) is 4.39 Å². The minimum atomic E-state index is -0.503. The van der Waals surface area contributed by atoms with Gasteiger partial charge in [0.05, 0.1) is 11.2 Å². The van der Waals surface area contributed by atoms with Gasteiger partial charge in [0.15, 0.2) is 11.3 Å². The molecule has 0 atom stereocenters. The van der Waals surface area contributed by atoms with Gasteiger partial charge >= 0.3 is 0 Å². The van der Waals surface area contributed by atoms with Gasteiger partial charge in [-0.2, -0.15) is 0 Å². The summed E-state index contributed by atoms with van der Waals surface area (Å²) in [5, 5.41) is 0. The number of pyridine rings is 1. The highest BCUT2D eigenvalue weighted by atomic mass is 19.1. The Bertz CT molecular complexity index is 1340. The second-order valence-corrected chi connectivity index (χ2v) is 11.3. The number of hydrogen-bond acceptors (Lipinski definition) is 4. The third-order valence-corrected chi connectivity index (χ3v) is 7.87. The van der Waals surface area contributed by atoms with Gasteiger partial charge in [-0.1, -0.05) is 6.92 Å². The van der Waals surface area contributed by atoms with Crippen molar-refractivity contribution in [3.63, 3.8) is 0 Å². The van der Waals surface area contributed by atoms with Gasteiger partial charge in [-0.25, -0.2) is 9.37 Å². The Morgan fingerprint density at radius 3 is 2.40 bits per heavy atom. The van der Waals surface area contributed by atoms with Crippen LogP contribution >= 0.6 is 0 Å². The summed E-state index contributed by atoms with van der Waals surface area (Å²) in [5.74, 6) is 0.189. The first-order valence-electron chi connectivity index (χ1n) is 12.5. The smallest absolute Gasteiger partial charge is 0.290 e. The number of piperazine rings is 1. The number of nitrogens with zero attached hydrogens (tertiary/aromatic N) is 3. The molecule has 3 heterocycles. The number of fused-ring (bicyclic) bond motifs is 1. The van der Waals surface area contributed by atoms with Gasteiger partial charge in [0.2, 0.25) is 5.91 Å². The molecule has 3 aromatic rings. The molecule has 2 aliphatic carbocycles. The quantitative estimate of drug-likeness (QED) is 0.523. The van der Waals surface area contributed by atoms with Crippen LogP contribution in [0.2, 0.25) is 0 Å². The standard InChI is InChI=1S/C28H30FN3O3/c1-27(2)16-31(25(33)18-4-5-18)12-13-32(27)26(34)23-15-22-24(35-23)20(28(3)10-11-28)14-21(30-22)17-6-8-19(29)9-7-17/h6-9,14-15,18H,4-5,10-13,16H2,1-3H3. The Balaban J connectivity index is 1.34. The van der Waals surface area contributed by atoms with E-state index in [1.54, 1.807) is 18.2 Å². The molecule has 6 rings (SSSR count). The SMILES string of the molecule is CC1(c2cc(-c3ccc(F)cc3)nc3cc(C(=O)N4CCN(C(=O)C5CC5)CC4(C)C)oc23)CC1. The molecule has 3 aliphatic rings. The topological polar surface area (TPSA) is 66.7 Å². The average Bonchev–Trinajstić information content (AvgIpc) is 3.75. The summed E-state index contributed by atoms with van der Waals surface area (Å²) in [6.45, 7) is 7.73. The second kappa shape index (κ2) is 7.64. The molecule has 1 aliphatic heterocycles. The molecule has 2 saturated carbocycles. The number of hydrogen-bond donors (Lipinski definition) is 0. The lowest BCUT2D eigenvalue weighted by Gasteiger charge is -2.46. The highest BCUT2D eigenvalue weighted by molar-refractivity contribution is 5.97. The molecule has 1 saturated heterocycles. The van der Waals surface area contributed by atoms with Crippen LogP contribution < -0.4 is 0 Å². The van der Waals surface area contributed by atoms with Gasteiger partial charge in [-0.3, -0.25) is 9.59 Å².